The number of nitrogens with two attached hydrogens (primary N) is 1. The molecule has 0 radical (unpaired) electrons. The monoisotopic (exact) mass is 402 g/mol. The third kappa shape index (κ3) is 6.14. The lowest BCUT2D eigenvalue weighted by atomic mass is 10.1. The number of nitrogen functional groups attached to an aromatic ring is 1. The first-order valence-corrected chi connectivity index (χ1v) is 10.2. The summed E-state index contributed by atoms with van der Waals surface area (Å²) >= 11 is 0. The summed E-state index contributed by atoms with van der Waals surface area (Å²) in [6, 6.07) is 6.07. The Kier molecular flexibility index (Phi) is 7.53. The second-order valence-corrected chi connectivity index (χ2v) is 8.51. The minimum absolute atomic E-state index is 0.208. The zero-order chi connectivity index (χ0) is 21.7. The summed E-state index contributed by atoms with van der Waals surface area (Å²) in [6.07, 6.45) is 0. The Balaban J connectivity index is 2.30. The van der Waals surface area contributed by atoms with Crippen molar-refractivity contribution in [3.8, 4) is 5.75 Å². The molecular weight excluding hydrogens is 368 g/mol. The van der Waals surface area contributed by atoms with Gasteiger partial charge in [-0.25, -0.2) is 4.79 Å². The lowest BCUT2D eigenvalue weighted by Gasteiger charge is -2.28. The van der Waals surface area contributed by atoms with E-state index in [1.807, 2.05) is 44.7 Å². The van der Waals surface area contributed by atoms with Gasteiger partial charge in [-0.05, 0) is 48.9 Å². The van der Waals surface area contributed by atoms with Gasteiger partial charge < -0.3 is 15.4 Å². The highest BCUT2D eigenvalue weighted by atomic mass is 16.5. The van der Waals surface area contributed by atoms with Gasteiger partial charge in [0.25, 0.3) is 5.56 Å². The molecule has 7 heteroatoms. The Morgan fingerprint density at radius 1 is 1.07 bits per heavy atom. The summed E-state index contributed by atoms with van der Waals surface area (Å²) in [5.74, 6) is 1.54. The number of nitrogens with zero attached hydrogens (tertiary/aromatic N) is 2. The van der Waals surface area contributed by atoms with Crippen LogP contribution in [0.1, 0.15) is 38.8 Å². The summed E-state index contributed by atoms with van der Waals surface area (Å²) in [5, 5.41) is 0. The number of H-pyrrole nitrogens is 1. The van der Waals surface area contributed by atoms with E-state index in [0.717, 1.165) is 16.9 Å². The Labute approximate surface area is 172 Å². The van der Waals surface area contributed by atoms with E-state index in [1.54, 1.807) is 0 Å². The number of anilines is 2. The van der Waals surface area contributed by atoms with Gasteiger partial charge >= 0.3 is 5.69 Å². The highest BCUT2D eigenvalue weighted by Gasteiger charge is 2.20. The van der Waals surface area contributed by atoms with Crippen LogP contribution in [0.2, 0.25) is 0 Å². The molecule has 1 aromatic carbocycles. The van der Waals surface area contributed by atoms with Crippen LogP contribution in [0.25, 0.3) is 0 Å². The number of ether oxygens (including phenoxy) is 1. The SMILES string of the molecule is Cc1cc(C)cc(OCCN(CC(C)C)c2c(N)n(CC(C)C)c(=O)[nH]c2=O)c1. The minimum Gasteiger partial charge on any atom is -0.492 e. The van der Waals surface area contributed by atoms with Gasteiger partial charge in [0.2, 0.25) is 0 Å². The molecule has 2 rings (SSSR count). The number of hydrogen-bond donors (Lipinski definition) is 2. The van der Waals surface area contributed by atoms with Crippen LogP contribution in [0.15, 0.2) is 27.8 Å². The first-order chi connectivity index (χ1) is 13.6. The number of benzene rings is 1. The fraction of sp³-hybridized carbons (Fsp3) is 0.545. The van der Waals surface area contributed by atoms with Crippen molar-refractivity contribution in [2.24, 2.45) is 11.8 Å². The second-order valence-electron chi connectivity index (χ2n) is 8.51. The van der Waals surface area contributed by atoms with E-state index in [0.29, 0.717) is 37.8 Å². The van der Waals surface area contributed by atoms with Gasteiger partial charge in [-0.3, -0.25) is 14.3 Å². The molecule has 0 atom stereocenters. The van der Waals surface area contributed by atoms with Gasteiger partial charge in [0.1, 0.15) is 23.9 Å². The standard InChI is InChI=1S/C22H34N4O3/c1-14(2)12-25(7-8-29-18-10-16(5)9-17(6)11-18)19-20(23)26(13-15(3)4)22(28)24-21(19)27/h9-11,14-15H,7-8,12-13,23H2,1-6H3,(H,24,27,28). The Bertz CT molecular complexity index is 924. The van der Waals surface area contributed by atoms with Crippen LogP contribution in [0, 0.1) is 25.7 Å². The van der Waals surface area contributed by atoms with E-state index in [-0.39, 0.29) is 11.7 Å². The maximum atomic E-state index is 12.6. The van der Waals surface area contributed by atoms with Crippen molar-refractivity contribution in [3.63, 3.8) is 0 Å². The van der Waals surface area contributed by atoms with Crippen molar-refractivity contribution < 1.29 is 4.74 Å². The van der Waals surface area contributed by atoms with Crippen molar-refractivity contribution in [1.29, 1.82) is 0 Å². The molecule has 7 nitrogen and oxygen atoms in total. The topological polar surface area (TPSA) is 93.3 Å². The molecule has 0 aliphatic carbocycles. The first-order valence-electron chi connectivity index (χ1n) is 10.2. The van der Waals surface area contributed by atoms with Gasteiger partial charge in [-0.1, -0.05) is 33.8 Å². The number of nitrogens with one attached hydrogen (secondary N) is 1. The number of aryl methyl sites for hydroxylation is 2. The lowest BCUT2D eigenvalue weighted by Crippen LogP contribution is -2.41. The van der Waals surface area contributed by atoms with Crippen LogP contribution in [-0.4, -0.2) is 29.2 Å². The third-order valence-corrected chi connectivity index (χ3v) is 4.49. The predicted octanol–water partition coefficient (Wildman–Crippen LogP) is 2.93. The summed E-state index contributed by atoms with van der Waals surface area (Å²) in [6.45, 7) is 14.2. The molecule has 3 N–H and O–H groups in total. The molecule has 29 heavy (non-hydrogen) atoms. The molecule has 2 aromatic rings. The van der Waals surface area contributed by atoms with Crippen molar-refractivity contribution in [3.05, 3.63) is 50.2 Å². The van der Waals surface area contributed by atoms with Gasteiger partial charge in [0.15, 0.2) is 0 Å². The van der Waals surface area contributed by atoms with Crippen molar-refractivity contribution in [2.45, 2.75) is 48.1 Å². The largest absolute Gasteiger partial charge is 0.492 e. The zero-order valence-electron chi connectivity index (χ0n) is 18.4. The normalized spacial score (nSPS) is 11.3. The summed E-state index contributed by atoms with van der Waals surface area (Å²) in [7, 11) is 0. The summed E-state index contributed by atoms with van der Waals surface area (Å²) in [4.78, 5) is 29.2. The van der Waals surface area contributed by atoms with Crippen LogP contribution in [0.4, 0.5) is 11.5 Å². The molecule has 0 bridgehead atoms. The molecular formula is C22H34N4O3. The maximum Gasteiger partial charge on any atom is 0.330 e. The second kappa shape index (κ2) is 9.67. The lowest BCUT2D eigenvalue weighted by molar-refractivity contribution is 0.321. The number of rotatable bonds is 9. The molecule has 0 amide bonds. The molecule has 160 valence electrons. The fourth-order valence-corrected chi connectivity index (χ4v) is 3.45. The highest BCUT2D eigenvalue weighted by molar-refractivity contribution is 5.62. The predicted molar refractivity (Wildman–Crippen MR) is 119 cm³/mol. The Morgan fingerprint density at radius 3 is 2.24 bits per heavy atom. The van der Waals surface area contributed by atoms with E-state index >= 15 is 0 Å². The summed E-state index contributed by atoms with van der Waals surface area (Å²) in [5.41, 5.74) is 7.98. The van der Waals surface area contributed by atoms with Gasteiger partial charge in [0, 0.05) is 13.1 Å². The van der Waals surface area contributed by atoms with Gasteiger partial charge in [-0.2, -0.15) is 0 Å². The highest BCUT2D eigenvalue weighted by Crippen LogP contribution is 2.20. The Morgan fingerprint density at radius 2 is 1.69 bits per heavy atom. The van der Waals surface area contributed by atoms with Crippen LogP contribution < -0.4 is 26.6 Å². The number of aromatic amines is 1. The summed E-state index contributed by atoms with van der Waals surface area (Å²) < 4.78 is 7.38. The van der Waals surface area contributed by atoms with Crippen LogP contribution in [-0.2, 0) is 6.54 Å². The molecule has 1 heterocycles. The van der Waals surface area contributed by atoms with E-state index in [2.05, 4.69) is 24.9 Å². The van der Waals surface area contributed by atoms with Crippen LogP contribution in [0.5, 0.6) is 5.75 Å². The molecule has 0 saturated heterocycles. The molecule has 0 saturated carbocycles. The molecule has 0 unspecified atom stereocenters. The van der Waals surface area contributed by atoms with Crippen molar-refractivity contribution >= 4 is 11.5 Å². The average molecular weight is 403 g/mol. The maximum absolute atomic E-state index is 12.6. The minimum atomic E-state index is -0.471. The smallest absolute Gasteiger partial charge is 0.330 e. The van der Waals surface area contributed by atoms with Gasteiger partial charge in [0.05, 0.1) is 6.54 Å². The van der Waals surface area contributed by atoms with E-state index < -0.39 is 11.2 Å². The van der Waals surface area contributed by atoms with Crippen LogP contribution >= 0.6 is 0 Å². The van der Waals surface area contributed by atoms with Crippen molar-refractivity contribution in [2.75, 3.05) is 30.3 Å². The first kappa shape index (κ1) is 22.6. The molecule has 0 spiro atoms. The van der Waals surface area contributed by atoms with Crippen LogP contribution in [0.3, 0.4) is 0 Å². The van der Waals surface area contributed by atoms with Crippen molar-refractivity contribution in [1.82, 2.24) is 9.55 Å². The number of aromatic nitrogens is 2. The Hall–Kier alpha value is -2.70. The third-order valence-electron chi connectivity index (χ3n) is 4.49. The number of hydrogen-bond acceptors (Lipinski definition) is 5. The average Bonchev–Trinajstić information content (AvgIpc) is 2.56. The van der Waals surface area contributed by atoms with E-state index in [4.69, 9.17) is 10.5 Å². The fourth-order valence-electron chi connectivity index (χ4n) is 3.45. The molecule has 0 fully saturated rings. The molecule has 0 aliphatic heterocycles. The van der Waals surface area contributed by atoms with Gasteiger partial charge in [-0.15, -0.1) is 0 Å². The molecule has 0 aliphatic rings. The zero-order valence-corrected chi connectivity index (χ0v) is 18.4. The molecule has 1 aromatic heterocycles. The quantitative estimate of drug-likeness (QED) is 0.673. The van der Waals surface area contributed by atoms with E-state index in [1.165, 1.54) is 4.57 Å². The van der Waals surface area contributed by atoms with E-state index in [9.17, 15) is 9.59 Å².